The van der Waals surface area contributed by atoms with Crippen LogP contribution in [-0.2, 0) is 17.8 Å². The summed E-state index contributed by atoms with van der Waals surface area (Å²) in [5.74, 6) is 1.49. The van der Waals surface area contributed by atoms with Crippen LogP contribution in [0.15, 0.2) is 54.6 Å². The van der Waals surface area contributed by atoms with E-state index in [0.29, 0.717) is 25.6 Å². The Balaban J connectivity index is 0.00000261. The third-order valence-corrected chi connectivity index (χ3v) is 5.18. The molecule has 5 heteroatoms. The average molecular weight is 389 g/mol. The van der Waals surface area contributed by atoms with E-state index >= 15 is 0 Å². The Kier molecular flexibility index (Phi) is 8.62. The van der Waals surface area contributed by atoms with Crippen LogP contribution in [0, 0.1) is 11.8 Å². The van der Waals surface area contributed by atoms with Crippen molar-refractivity contribution >= 4 is 18.3 Å². The van der Waals surface area contributed by atoms with E-state index in [9.17, 15) is 4.79 Å². The highest BCUT2D eigenvalue weighted by Crippen LogP contribution is 2.30. The zero-order valence-corrected chi connectivity index (χ0v) is 16.4. The van der Waals surface area contributed by atoms with E-state index in [1.54, 1.807) is 0 Å². The lowest BCUT2D eigenvalue weighted by molar-refractivity contribution is -0.125. The van der Waals surface area contributed by atoms with Crippen LogP contribution >= 0.6 is 12.4 Å². The van der Waals surface area contributed by atoms with Crippen LogP contribution in [0.1, 0.15) is 30.4 Å². The van der Waals surface area contributed by atoms with Crippen molar-refractivity contribution in [2.45, 2.75) is 32.3 Å². The molecule has 0 bridgehead atoms. The number of hydrogen-bond donors (Lipinski definition) is 2. The van der Waals surface area contributed by atoms with Crippen molar-refractivity contribution in [1.29, 1.82) is 0 Å². The monoisotopic (exact) mass is 388 g/mol. The molecule has 1 amide bonds. The van der Waals surface area contributed by atoms with Gasteiger partial charge < -0.3 is 15.8 Å². The minimum absolute atomic E-state index is 0. The van der Waals surface area contributed by atoms with Crippen LogP contribution in [0.2, 0.25) is 0 Å². The molecule has 3 N–H and O–H groups in total. The third kappa shape index (κ3) is 6.26. The van der Waals surface area contributed by atoms with Crippen molar-refractivity contribution in [3.05, 3.63) is 65.7 Å². The predicted molar refractivity (Wildman–Crippen MR) is 111 cm³/mol. The molecular weight excluding hydrogens is 360 g/mol. The number of carbonyl (C=O) groups excluding carboxylic acids is 1. The number of nitrogens with one attached hydrogen (secondary N) is 1. The number of hydrogen-bond acceptors (Lipinski definition) is 3. The molecule has 0 radical (unpaired) electrons. The fourth-order valence-corrected chi connectivity index (χ4v) is 3.62. The maximum absolute atomic E-state index is 12.3. The van der Waals surface area contributed by atoms with Crippen LogP contribution < -0.4 is 15.8 Å². The van der Waals surface area contributed by atoms with Crippen LogP contribution in [-0.4, -0.2) is 19.0 Å². The number of carbonyl (C=O) groups is 1. The first-order valence-corrected chi connectivity index (χ1v) is 9.49. The topological polar surface area (TPSA) is 64.4 Å². The first-order chi connectivity index (χ1) is 12.8. The van der Waals surface area contributed by atoms with Crippen LogP contribution in [0.25, 0.3) is 0 Å². The van der Waals surface area contributed by atoms with Gasteiger partial charge in [0, 0.05) is 12.5 Å². The molecule has 3 rings (SSSR count). The molecule has 1 saturated carbocycles. The minimum Gasteiger partial charge on any atom is -0.489 e. The maximum atomic E-state index is 12.3. The molecule has 0 aliphatic heterocycles. The molecule has 1 aliphatic rings. The Labute approximate surface area is 167 Å². The van der Waals surface area contributed by atoms with Gasteiger partial charge in [-0.15, -0.1) is 12.4 Å². The predicted octanol–water partition coefficient (Wildman–Crippen LogP) is 3.72. The number of amides is 1. The van der Waals surface area contributed by atoms with Crippen molar-refractivity contribution in [1.82, 2.24) is 5.32 Å². The minimum atomic E-state index is 0. The molecule has 0 heterocycles. The van der Waals surface area contributed by atoms with Gasteiger partial charge in [-0.05, 0) is 55.0 Å². The van der Waals surface area contributed by atoms with E-state index in [-0.39, 0.29) is 24.2 Å². The first-order valence-electron chi connectivity index (χ1n) is 9.49. The van der Waals surface area contributed by atoms with E-state index in [1.165, 1.54) is 5.56 Å². The SMILES string of the molecule is Cl.NC[C@H]1CCC[C@H]1C(=O)NCCc1ccc(OCc2ccccc2)cc1. The van der Waals surface area contributed by atoms with Gasteiger partial charge in [0.2, 0.25) is 5.91 Å². The van der Waals surface area contributed by atoms with Gasteiger partial charge in [-0.2, -0.15) is 0 Å². The lowest BCUT2D eigenvalue weighted by atomic mass is 9.95. The molecule has 146 valence electrons. The second kappa shape index (κ2) is 11.0. The van der Waals surface area contributed by atoms with Gasteiger partial charge in [0.1, 0.15) is 12.4 Å². The molecule has 1 fully saturated rings. The zero-order chi connectivity index (χ0) is 18.2. The second-order valence-electron chi connectivity index (χ2n) is 6.99. The summed E-state index contributed by atoms with van der Waals surface area (Å²) in [7, 11) is 0. The van der Waals surface area contributed by atoms with Crippen molar-refractivity contribution in [3.8, 4) is 5.75 Å². The Bertz CT molecular complexity index is 691. The van der Waals surface area contributed by atoms with Crippen molar-refractivity contribution in [3.63, 3.8) is 0 Å². The summed E-state index contributed by atoms with van der Waals surface area (Å²) < 4.78 is 5.80. The highest BCUT2D eigenvalue weighted by molar-refractivity contribution is 5.85. The van der Waals surface area contributed by atoms with Crippen LogP contribution in [0.3, 0.4) is 0 Å². The molecule has 2 atom stereocenters. The molecule has 4 nitrogen and oxygen atoms in total. The van der Waals surface area contributed by atoms with Gasteiger partial charge in [-0.25, -0.2) is 0 Å². The second-order valence-corrected chi connectivity index (χ2v) is 6.99. The Morgan fingerprint density at radius 2 is 1.78 bits per heavy atom. The largest absolute Gasteiger partial charge is 0.489 e. The van der Waals surface area contributed by atoms with Gasteiger partial charge in [0.15, 0.2) is 0 Å². The lowest BCUT2D eigenvalue weighted by Gasteiger charge is -2.17. The zero-order valence-electron chi connectivity index (χ0n) is 15.6. The van der Waals surface area contributed by atoms with Crippen molar-refractivity contribution in [2.24, 2.45) is 17.6 Å². The van der Waals surface area contributed by atoms with Gasteiger partial charge in [0.25, 0.3) is 0 Å². The van der Waals surface area contributed by atoms with Crippen LogP contribution in [0.5, 0.6) is 5.75 Å². The van der Waals surface area contributed by atoms with Gasteiger partial charge >= 0.3 is 0 Å². The van der Waals surface area contributed by atoms with Crippen molar-refractivity contribution < 1.29 is 9.53 Å². The fraction of sp³-hybridized carbons (Fsp3) is 0.409. The van der Waals surface area contributed by atoms with Gasteiger partial charge in [0.05, 0.1) is 0 Å². The molecule has 2 aromatic rings. The molecule has 0 spiro atoms. The van der Waals surface area contributed by atoms with Crippen LogP contribution in [0.4, 0.5) is 0 Å². The quantitative estimate of drug-likeness (QED) is 0.724. The van der Waals surface area contributed by atoms with E-state index < -0.39 is 0 Å². The maximum Gasteiger partial charge on any atom is 0.223 e. The highest BCUT2D eigenvalue weighted by Gasteiger charge is 2.31. The molecular formula is C22H29ClN2O2. The number of rotatable bonds is 8. The van der Waals surface area contributed by atoms with Crippen molar-refractivity contribution in [2.75, 3.05) is 13.1 Å². The number of ether oxygens (including phenoxy) is 1. The summed E-state index contributed by atoms with van der Waals surface area (Å²) in [5, 5.41) is 3.07. The Morgan fingerprint density at radius 3 is 2.48 bits per heavy atom. The van der Waals surface area contributed by atoms with E-state index in [0.717, 1.165) is 37.0 Å². The summed E-state index contributed by atoms with van der Waals surface area (Å²) in [6.07, 6.45) is 4.00. The third-order valence-electron chi connectivity index (χ3n) is 5.18. The van der Waals surface area contributed by atoms with Gasteiger partial charge in [-0.1, -0.05) is 48.9 Å². The smallest absolute Gasteiger partial charge is 0.223 e. The molecule has 0 unspecified atom stereocenters. The van der Waals surface area contributed by atoms with E-state index in [4.69, 9.17) is 10.5 Å². The summed E-state index contributed by atoms with van der Waals surface area (Å²) in [5.41, 5.74) is 8.11. The number of halogens is 1. The molecule has 27 heavy (non-hydrogen) atoms. The van der Waals surface area contributed by atoms with E-state index in [1.807, 2.05) is 30.3 Å². The van der Waals surface area contributed by atoms with E-state index in [2.05, 4.69) is 29.6 Å². The number of benzene rings is 2. The normalized spacial score (nSPS) is 18.6. The highest BCUT2D eigenvalue weighted by atomic mass is 35.5. The number of nitrogens with two attached hydrogens (primary N) is 1. The lowest BCUT2D eigenvalue weighted by Crippen LogP contribution is -2.36. The summed E-state index contributed by atoms with van der Waals surface area (Å²) in [4.78, 5) is 12.3. The fourth-order valence-electron chi connectivity index (χ4n) is 3.62. The Morgan fingerprint density at radius 1 is 1.04 bits per heavy atom. The molecule has 0 aromatic heterocycles. The standard InChI is InChI=1S/C22H28N2O2.ClH/c23-15-19-7-4-8-21(19)22(25)24-14-13-17-9-11-20(12-10-17)26-16-18-5-2-1-3-6-18;/h1-3,5-6,9-12,19,21H,4,7-8,13-16,23H2,(H,24,25);1H/t19-,21-;/m1./s1. The average Bonchev–Trinajstić information content (AvgIpc) is 3.17. The summed E-state index contributed by atoms with van der Waals surface area (Å²) in [6.45, 7) is 1.85. The van der Waals surface area contributed by atoms with Gasteiger partial charge in [-0.3, -0.25) is 4.79 Å². The first kappa shape index (κ1) is 21.3. The molecule has 0 saturated heterocycles. The summed E-state index contributed by atoms with van der Waals surface area (Å²) >= 11 is 0. The Hall–Kier alpha value is -2.04. The molecule has 2 aromatic carbocycles. The molecule has 1 aliphatic carbocycles. The summed E-state index contributed by atoms with van der Waals surface area (Å²) in [6, 6.07) is 18.2.